The Hall–Kier alpha value is -1.57. The van der Waals surface area contributed by atoms with Crippen LogP contribution in [0.15, 0.2) is 0 Å². The minimum absolute atomic E-state index is 0.0439. The minimum atomic E-state index is -2.24. The van der Waals surface area contributed by atoms with Gasteiger partial charge in [-0.1, -0.05) is 6.92 Å². The molecule has 20 heavy (non-hydrogen) atoms. The van der Waals surface area contributed by atoms with Gasteiger partial charge in [-0.05, 0) is 11.0 Å². The maximum atomic E-state index is 11.6. The number of nitrogens with two attached hydrogens (primary N) is 1. The zero-order valence-electron chi connectivity index (χ0n) is 10.9. The van der Waals surface area contributed by atoms with E-state index in [1.54, 1.807) is 6.92 Å². The number of nitrogens with one attached hydrogen (secondary N) is 1. The molecule has 1 amide bonds. The quantitative estimate of drug-likeness (QED) is 0.394. The highest BCUT2D eigenvalue weighted by atomic mass is 31.1. The van der Waals surface area contributed by atoms with Crippen molar-refractivity contribution in [3.05, 3.63) is 0 Å². The molecule has 5 N–H and O–H groups in total. The molecule has 0 aromatic heterocycles. The number of carbonyl (C=O) groups excluding carboxylic acids is 1. The third-order valence-electron chi connectivity index (χ3n) is 2.26. The largest absolute Gasteiger partial charge is 0.508 e. The van der Waals surface area contributed by atoms with Gasteiger partial charge in [0.05, 0.1) is 0 Å². The van der Waals surface area contributed by atoms with Crippen molar-refractivity contribution in [3.63, 3.8) is 0 Å². The lowest BCUT2D eigenvalue weighted by Gasteiger charge is -2.08. The number of hydrogen-bond donors (Lipinski definition) is 4. The molecule has 3 atom stereocenters. The van der Waals surface area contributed by atoms with E-state index in [0.717, 1.165) is 0 Å². The van der Waals surface area contributed by atoms with E-state index in [-0.39, 0.29) is 19.0 Å². The number of hydrogen-bond acceptors (Lipinski definition) is 6. The highest BCUT2D eigenvalue weighted by Crippen LogP contribution is 2.27. The molecule has 0 radical (unpaired) electrons. The SMILES string of the molecule is CC[C@@H](O[P+](=O)CC[C@H](N)C(=O)O)C(=O)NCC(=O)O. The molecule has 0 saturated carbocycles. The molecule has 9 nitrogen and oxygen atoms in total. The van der Waals surface area contributed by atoms with Crippen molar-refractivity contribution in [1.29, 1.82) is 0 Å². The van der Waals surface area contributed by atoms with Crippen LogP contribution < -0.4 is 11.1 Å². The summed E-state index contributed by atoms with van der Waals surface area (Å²) in [7, 11) is -2.24. The van der Waals surface area contributed by atoms with E-state index in [4.69, 9.17) is 20.5 Å². The van der Waals surface area contributed by atoms with E-state index >= 15 is 0 Å². The van der Waals surface area contributed by atoms with Crippen LogP contribution >= 0.6 is 8.03 Å². The maximum Gasteiger partial charge on any atom is 0.508 e. The van der Waals surface area contributed by atoms with Gasteiger partial charge in [-0.2, -0.15) is 0 Å². The predicted molar refractivity (Wildman–Crippen MR) is 68.5 cm³/mol. The molecule has 10 heteroatoms. The van der Waals surface area contributed by atoms with Crippen LogP contribution in [0.3, 0.4) is 0 Å². The van der Waals surface area contributed by atoms with Crippen LogP contribution in [0.2, 0.25) is 0 Å². The summed E-state index contributed by atoms with van der Waals surface area (Å²) in [4.78, 5) is 32.3. The lowest BCUT2D eigenvalue weighted by Crippen LogP contribution is -2.38. The summed E-state index contributed by atoms with van der Waals surface area (Å²) in [5.74, 6) is -3.09. The van der Waals surface area contributed by atoms with Gasteiger partial charge in [0.25, 0.3) is 5.91 Å². The topological polar surface area (TPSA) is 156 Å². The first kappa shape index (κ1) is 18.4. The van der Waals surface area contributed by atoms with Crippen molar-refractivity contribution >= 4 is 25.9 Å². The highest BCUT2D eigenvalue weighted by Gasteiger charge is 2.30. The van der Waals surface area contributed by atoms with Crippen LogP contribution in [0, 0.1) is 0 Å². The van der Waals surface area contributed by atoms with Gasteiger partial charge in [-0.3, -0.25) is 14.4 Å². The van der Waals surface area contributed by atoms with Crippen molar-refractivity contribution in [3.8, 4) is 0 Å². The Morgan fingerprint density at radius 2 is 1.95 bits per heavy atom. The lowest BCUT2D eigenvalue weighted by atomic mass is 10.2. The van der Waals surface area contributed by atoms with Gasteiger partial charge in [0, 0.05) is 6.42 Å². The number of amides is 1. The van der Waals surface area contributed by atoms with Gasteiger partial charge >= 0.3 is 20.0 Å². The average molecular weight is 309 g/mol. The summed E-state index contributed by atoms with van der Waals surface area (Å²) in [6, 6.07) is -1.14. The van der Waals surface area contributed by atoms with Crippen LogP contribution in [0.5, 0.6) is 0 Å². The van der Waals surface area contributed by atoms with E-state index in [2.05, 4.69) is 5.32 Å². The number of carboxylic acids is 2. The van der Waals surface area contributed by atoms with Gasteiger partial charge < -0.3 is 21.3 Å². The molecule has 1 unspecified atom stereocenters. The summed E-state index contributed by atoms with van der Waals surface area (Å²) >= 11 is 0. The molecule has 0 aliphatic carbocycles. The zero-order valence-corrected chi connectivity index (χ0v) is 11.8. The summed E-state index contributed by atoms with van der Waals surface area (Å²) in [6.07, 6.45) is -0.972. The molecule has 0 aliphatic heterocycles. The second-order valence-corrected chi connectivity index (χ2v) is 5.23. The molecule has 0 aromatic carbocycles. The minimum Gasteiger partial charge on any atom is -0.480 e. The summed E-state index contributed by atoms with van der Waals surface area (Å²) in [6.45, 7) is 1.05. The Kier molecular flexibility index (Phi) is 8.62. The van der Waals surface area contributed by atoms with Gasteiger partial charge in [0.2, 0.25) is 0 Å². The predicted octanol–water partition coefficient (Wildman–Crippen LogP) is -0.473. The molecule has 0 bridgehead atoms. The fourth-order valence-electron chi connectivity index (χ4n) is 1.15. The first-order valence-corrected chi connectivity index (χ1v) is 7.23. The van der Waals surface area contributed by atoms with Crippen LogP contribution in [0.4, 0.5) is 0 Å². The number of carboxylic acid groups (broad SMARTS) is 2. The van der Waals surface area contributed by atoms with Crippen molar-refractivity contribution < 1.29 is 33.7 Å². The molecule has 0 saturated heterocycles. The maximum absolute atomic E-state index is 11.6. The molecule has 0 heterocycles. The normalized spacial score (nSPS) is 14.2. The molecule has 0 spiro atoms. The molecular weight excluding hydrogens is 291 g/mol. The summed E-state index contributed by atoms with van der Waals surface area (Å²) < 4.78 is 16.5. The first-order chi connectivity index (χ1) is 9.27. The monoisotopic (exact) mass is 309 g/mol. The fraction of sp³-hybridized carbons (Fsp3) is 0.700. The van der Waals surface area contributed by atoms with E-state index < -0.39 is 44.6 Å². The van der Waals surface area contributed by atoms with Crippen molar-refractivity contribution in [2.45, 2.75) is 31.9 Å². The van der Waals surface area contributed by atoms with Gasteiger partial charge in [0.1, 0.15) is 12.6 Å². The Balaban J connectivity index is 4.21. The van der Waals surface area contributed by atoms with Gasteiger partial charge in [-0.15, -0.1) is 4.52 Å². The van der Waals surface area contributed by atoms with Gasteiger partial charge in [0.15, 0.2) is 12.3 Å². The van der Waals surface area contributed by atoms with E-state index in [0.29, 0.717) is 0 Å². The molecule has 0 aromatic rings. The molecule has 114 valence electrons. The first-order valence-electron chi connectivity index (χ1n) is 5.87. The summed E-state index contributed by atoms with van der Waals surface area (Å²) in [5, 5.41) is 19.1. The number of aliphatic carboxylic acids is 2. The van der Waals surface area contributed by atoms with Crippen LogP contribution in [0.1, 0.15) is 19.8 Å². The number of rotatable bonds is 10. The van der Waals surface area contributed by atoms with Gasteiger partial charge in [-0.25, -0.2) is 0 Å². The van der Waals surface area contributed by atoms with Crippen molar-refractivity contribution in [2.24, 2.45) is 5.73 Å². The second-order valence-electron chi connectivity index (χ2n) is 3.90. The molecule has 0 rings (SSSR count). The fourth-order valence-corrected chi connectivity index (χ4v) is 2.27. The zero-order chi connectivity index (χ0) is 15.7. The number of carbonyl (C=O) groups is 3. The Labute approximate surface area is 116 Å². The van der Waals surface area contributed by atoms with E-state index in [9.17, 15) is 18.9 Å². The molecule has 0 fully saturated rings. The molecule has 0 aliphatic rings. The van der Waals surface area contributed by atoms with Crippen molar-refractivity contribution in [1.82, 2.24) is 5.32 Å². The summed E-state index contributed by atoms with van der Waals surface area (Å²) in [5.41, 5.74) is 5.24. The van der Waals surface area contributed by atoms with Crippen LogP contribution in [-0.4, -0.2) is 52.9 Å². The Morgan fingerprint density at radius 3 is 2.40 bits per heavy atom. The van der Waals surface area contributed by atoms with Crippen LogP contribution in [0.25, 0.3) is 0 Å². The highest BCUT2D eigenvalue weighted by molar-refractivity contribution is 7.39. The van der Waals surface area contributed by atoms with Crippen molar-refractivity contribution in [2.75, 3.05) is 12.7 Å². The van der Waals surface area contributed by atoms with E-state index in [1.807, 2.05) is 0 Å². The Morgan fingerprint density at radius 1 is 1.35 bits per heavy atom. The lowest BCUT2D eigenvalue weighted by molar-refractivity contribution is -0.139. The van der Waals surface area contributed by atoms with Crippen LogP contribution in [-0.2, 0) is 23.5 Å². The smallest absolute Gasteiger partial charge is 0.480 e. The average Bonchev–Trinajstić information content (AvgIpc) is 2.38. The Bertz CT molecular complexity index is 388. The third-order valence-corrected chi connectivity index (χ3v) is 3.37. The standard InChI is InChI=1S/C10H17N2O7P/c1-2-7(9(15)12-5-8(13)14)19-20(18)4-3-6(11)10(16)17/h6-7H,2-5,11H2,1H3,(H2-,12,13,14,15,16,17)/p+1/t6-,7+/m0/s1. The molecular formula is C10H18N2O7P+. The van der Waals surface area contributed by atoms with E-state index in [1.165, 1.54) is 0 Å². The second kappa shape index (κ2) is 9.35. The third kappa shape index (κ3) is 7.78.